The normalized spacial score (nSPS) is 15.8. The molecule has 8 heteroatoms. The first-order valence-corrected chi connectivity index (χ1v) is 10.8. The van der Waals surface area contributed by atoms with Crippen molar-refractivity contribution in [2.45, 2.75) is 18.8 Å². The molecule has 0 aliphatic carbocycles. The number of rotatable bonds is 5. The van der Waals surface area contributed by atoms with Crippen LogP contribution in [0.15, 0.2) is 79.8 Å². The Morgan fingerprint density at radius 3 is 2.55 bits per heavy atom. The summed E-state index contributed by atoms with van der Waals surface area (Å²) in [5.74, 6) is 1.19. The van der Waals surface area contributed by atoms with Crippen molar-refractivity contribution in [3.05, 3.63) is 91.0 Å². The van der Waals surface area contributed by atoms with Gasteiger partial charge in [0.05, 0.1) is 11.3 Å². The molecule has 0 N–H and O–H groups in total. The number of amides is 1. The third-order valence-corrected chi connectivity index (χ3v) is 5.61. The van der Waals surface area contributed by atoms with Crippen molar-refractivity contribution in [3.63, 3.8) is 0 Å². The zero-order valence-electron chi connectivity index (χ0n) is 17.9. The van der Waals surface area contributed by atoms with Gasteiger partial charge in [0.2, 0.25) is 5.88 Å². The van der Waals surface area contributed by atoms with Crippen LogP contribution in [0, 0.1) is 0 Å². The third kappa shape index (κ3) is 4.69. The number of hydrogen-bond donors (Lipinski definition) is 0. The number of carbonyl (C=O) groups is 1. The summed E-state index contributed by atoms with van der Waals surface area (Å²) >= 11 is 0. The average molecular weight is 438 g/mol. The predicted octanol–water partition coefficient (Wildman–Crippen LogP) is 4.14. The van der Waals surface area contributed by atoms with Gasteiger partial charge in [-0.15, -0.1) is 0 Å². The van der Waals surface area contributed by atoms with E-state index >= 15 is 0 Å². The summed E-state index contributed by atoms with van der Waals surface area (Å²) in [6, 6.07) is 13.1. The predicted molar refractivity (Wildman–Crippen MR) is 122 cm³/mol. The Hall–Kier alpha value is -4.20. The summed E-state index contributed by atoms with van der Waals surface area (Å²) in [7, 11) is 0. The Labute approximate surface area is 191 Å². The van der Waals surface area contributed by atoms with Gasteiger partial charge in [0.15, 0.2) is 0 Å². The Kier molecular flexibility index (Phi) is 5.97. The van der Waals surface area contributed by atoms with Crippen LogP contribution in [-0.2, 0) is 0 Å². The fourth-order valence-electron chi connectivity index (χ4n) is 3.98. The first kappa shape index (κ1) is 20.7. The minimum Gasteiger partial charge on any atom is -0.437 e. The highest BCUT2D eigenvalue weighted by Gasteiger charge is 2.29. The molecule has 4 heterocycles. The summed E-state index contributed by atoms with van der Waals surface area (Å²) in [6.07, 6.45) is 11.6. The molecule has 164 valence electrons. The molecule has 1 saturated heterocycles. The molecule has 4 aromatic rings. The van der Waals surface area contributed by atoms with E-state index in [2.05, 4.69) is 24.9 Å². The third-order valence-electron chi connectivity index (χ3n) is 5.61. The lowest BCUT2D eigenvalue weighted by Crippen LogP contribution is -2.39. The van der Waals surface area contributed by atoms with Gasteiger partial charge < -0.3 is 9.64 Å². The molecule has 1 fully saturated rings. The van der Waals surface area contributed by atoms with Crippen LogP contribution in [0.4, 0.5) is 0 Å². The lowest BCUT2D eigenvalue weighted by molar-refractivity contribution is 0.0704. The summed E-state index contributed by atoms with van der Waals surface area (Å²) in [5, 5.41) is 0. The maximum Gasteiger partial charge on any atom is 0.255 e. The topological polar surface area (TPSA) is 94.0 Å². The molecule has 1 aliphatic heterocycles. The van der Waals surface area contributed by atoms with Gasteiger partial charge in [-0.25, -0.2) is 15.0 Å². The Balaban J connectivity index is 1.32. The van der Waals surface area contributed by atoms with Crippen molar-refractivity contribution in [3.8, 4) is 22.9 Å². The summed E-state index contributed by atoms with van der Waals surface area (Å²) in [6.45, 7) is 1.25. The van der Waals surface area contributed by atoms with Gasteiger partial charge in [0, 0.05) is 55.6 Å². The highest BCUT2D eigenvalue weighted by Crippen LogP contribution is 2.33. The minimum atomic E-state index is -0.0440. The Morgan fingerprint density at radius 2 is 1.76 bits per heavy atom. The zero-order chi connectivity index (χ0) is 22.5. The number of ether oxygens (including phenoxy) is 1. The lowest BCUT2D eigenvalue weighted by Gasteiger charge is -2.32. The summed E-state index contributed by atoms with van der Waals surface area (Å²) in [4.78, 5) is 36.5. The van der Waals surface area contributed by atoms with Gasteiger partial charge in [0.25, 0.3) is 5.91 Å². The number of pyridine rings is 1. The number of piperidine rings is 1. The number of carbonyl (C=O) groups excluding carboxylic acids is 1. The molecule has 1 atom stereocenters. The van der Waals surface area contributed by atoms with Gasteiger partial charge in [-0.05, 0) is 37.1 Å². The van der Waals surface area contributed by atoms with E-state index < -0.39 is 0 Å². The van der Waals surface area contributed by atoms with Crippen molar-refractivity contribution < 1.29 is 9.53 Å². The molecule has 1 amide bonds. The monoisotopic (exact) mass is 438 g/mol. The SMILES string of the molecule is O=C(c1ccc(-c2cncnc2)nc1)N1CCCC(c2nccnc2Oc2ccccc2)C1. The number of nitrogens with zero attached hydrogens (tertiary/aromatic N) is 6. The number of likely N-dealkylation sites (tertiary alicyclic amines) is 1. The molecule has 0 saturated carbocycles. The van der Waals surface area contributed by atoms with Crippen LogP contribution < -0.4 is 4.74 Å². The number of benzene rings is 1. The first-order chi connectivity index (χ1) is 16.3. The molecule has 8 nitrogen and oxygen atoms in total. The van der Waals surface area contributed by atoms with E-state index in [1.54, 1.807) is 37.1 Å². The van der Waals surface area contributed by atoms with Crippen LogP contribution in [-0.4, -0.2) is 48.8 Å². The highest BCUT2D eigenvalue weighted by atomic mass is 16.5. The second-order valence-corrected chi connectivity index (χ2v) is 7.81. The van der Waals surface area contributed by atoms with Crippen LogP contribution >= 0.6 is 0 Å². The number of para-hydroxylation sites is 1. The molecule has 5 rings (SSSR count). The standard InChI is InChI=1S/C25H22N6O2/c32-25(18-8-9-22(30-15-18)20-13-26-17-27-14-20)31-12-4-5-19(16-31)23-24(29-11-10-28-23)33-21-6-2-1-3-7-21/h1-3,6-11,13-15,17,19H,4-5,12,16H2. The molecular formula is C25H22N6O2. The molecule has 1 aromatic carbocycles. The number of hydrogen-bond acceptors (Lipinski definition) is 7. The van der Waals surface area contributed by atoms with Crippen LogP contribution in [0.25, 0.3) is 11.3 Å². The van der Waals surface area contributed by atoms with E-state index in [1.807, 2.05) is 41.3 Å². The van der Waals surface area contributed by atoms with Crippen molar-refractivity contribution in [1.82, 2.24) is 29.8 Å². The van der Waals surface area contributed by atoms with E-state index in [0.29, 0.717) is 30.3 Å². The van der Waals surface area contributed by atoms with Gasteiger partial charge in [-0.3, -0.25) is 14.8 Å². The van der Waals surface area contributed by atoms with Gasteiger partial charge in [0.1, 0.15) is 17.8 Å². The quantitative estimate of drug-likeness (QED) is 0.462. The maximum atomic E-state index is 13.2. The fraction of sp³-hybridized carbons (Fsp3) is 0.200. The molecule has 0 radical (unpaired) electrons. The van der Waals surface area contributed by atoms with Gasteiger partial charge in [-0.1, -0.05) is 18.2 Å². The van der Waals surface area contributed by atoms with Crippen LogP contribution in [0.5, 0.6) is 11.6 Å². The average Bonchev–Trinajstić information content (AvgIpc) is 2.90. The van der Waals surface area contributed by atoms with Crippen LogP contribution in [0.3, 0.4) is 0 Å². The van der Waals surface area contributed by atoms with Crippen molar-refractivity contribution in [2.24, 2.45) is 0 Å². The van der Waals surface area contributed by atoms with Crippen molar-refractivity contribution in [2.75, 3.05) is 13.1 Å². The summed E-state index contributed by atoms with van der Waals surface area (Å²) in [5.41, 5.74) is 2.86. The molecule has 0 bridgehead atoms. The van der Waals surface area contributed by atoms with E-state index in [-0.39, 0.29) is 11.8 Å². The Bertz CT molecular complexity index is 1220. The van der Waals surface area contributed by atoms with E-state index in [1.165, 1.54) is 6.33 Å². The van der Waals surface area contributed by atoms with E-state index in [9.17, 15) is 4.79 Å². The largest absolute Gasteiger partial charge is 0.437 e. The zero-order valence-corrected chi connectivity index (χ0v) is 17.9. The fourth-order valence-corrected chi connectivity index (χ4v) is 3.98. The molecule has 1 aliphatic rings. The minimum absolute atomic E-state index is 0.0440. The molecular weight excluding hydrogens is 416 g/mol. The van der Waals surface area contributed by atoms with Crippen molar-refractivity contribution in [1.29, 1.82) is 0 Å². The van der Waals surface area contributed by atoms with Gasteiger partial charge in [-0.2, -0.15) is 0 Å². The van der Waals surface area contributed by atoms with Gasteiger partial charge >= 0.3 is 0 Å². The highest BCUT2D eigenvalue weighted by molar-refractivity contribution is 5.94. The molecule has 1 unspecified atom stereocenters. The van der Waals surface area contributed by atoms with Crippen LogP contribution in [0.1, 0.15) is 34.8 Å². The van der Waals surface area contributed by atoms with E-state index in [4.69, 9.17) is 4.74 Å². The second kappa shape index (κ2) is 9.52. The summed E-state index contributed by atoms with van der Waals surface area (Å²) < 4.78 is 6.00. The number of aromatic nitrogens is 5. The van der Waals surface area contributed by atoms with Crippen LogP contribution in [0.2, 0.25) is 0 Å². The second-order valence-electron chi connectivity index (χ2n) is 7.81. The van der Waals surface area contributed by atoms with E-state index in [0.717, 1.165) is 29.8 Å². The maximum absolute atomic E-state index is 13.2. The smallest absolute Gasteiger partial charge is 0.255 e. The van der Waals surface area contributed by atoms with Crippen molar-refractivity contribution >= 4 is 5.91 Å². The Morgan fingerprint density at radius 1 is 0.939 bits per heavy atom. The molecule has 0 spiro atoms. The molecule has 3 aromatic heterocycles. The first-order valence-electron chi connectivity index (χ1n) is 10.8. The lowest BCUT2D eigenvalue weighted by atomic mass is 9.94. The molecule has 33 heavy (non-hydrogen) atoms.